The summed E-state index contributed by atoms with van der Waals surface area (Å²) in [6.45, 7) is 0.585. The largest absolute Gasteiger partial charge is 0.493 e. The molecule has 0 saturated carbocycles. The van der Waals surface area contributed by atoms with Crippen LogP contribution in [-0.4, -0.2) is 21.6 Å². The van der Waals surface area contributed by atoms with Crippen molar-refractivity contribution < 1.29 is 17.9 Å². The lowest BCUT2D eigenvalue weighted by molar-refractivity contribution is -0.137. The molecule has 5 nitrogen and oxygen atoms in total. The van der Waals surface area contributed by atoms with Crippen molar-refractivity contribution in [1.82, 2.24) is 15.0 Å². The van der Waals surface area contributed by atoms with Crippen molar-refractivity contribution in [3.8, 4) is 17.0 Å². The molecule has 5 rings (SSSR count). The first-order valence-corrected chi connectivity index (χ1v) is 9.76. The topological polar surface area (TPSA) is 59.9 Å². The van der Waals surface area contributed by atoms with E-state index in [1.54, 1.807) is 18.2 Å². The van der Waals surface area contributed by atoms with E-state index in [0.29, 0.717) is 23.5 Å². The monoisotopic (exact) mass is 422 g/mol. The van der Waals surface area contributed by atoms with Crippen molar-refractivity contribution in [3.63, 3.8) is 0 Å². The summed E-state index contributed by atoms with van der Waals surface area (Å²) in [6, 6.07) is 15.1. The molecule has 0 radical (unpaired) electrons. The summed E-state index contributed by atoms with van der Waals surface area (Å²) >= 11 is 0. The molecule has 1 aliphatic rings. The highest BCUT2D eigenvalue weighted by Crippen LogP contribution is 2.38. The number of pyridine rings is 1. The number of halogens is 3. The molecular weight excluding hydrogens is 405 g/mol. The van der Waals surface area contributed by atoms with Crippen LogP contribution in [0.4, 0.5) is 19.0 Å². The maximum absolute atomic E-state index is 13.4. The zero-order valence-corrected chi connectivity index (χ0v) is 16.2. The molecule has 8 heteroatoms. The number of nitrogens with one attached hydrogen (secondary N) is 1. The molecule has 1 unspecified atom stereocenters. The SMILES string of the molecule is FC(F)(F)c1cccnc1-c1ccc2c(NC3CCOc4ccccc43)ncnc2c1. The van der Waals surface area contributed by atoms with Gasteiger partial charge in [0.05, 0.1) is 29.4 Å². The van der Waals surface area contributed by atoms with Crippen molar-refractivity contribution >= 4 is 16.7 Å². The minimum absolute atomic E-state index is 0.00958. The van der Waals surface area contributed by atoms with Crippen molar-refractivity contribution in [2.45, 2.75) is 18.6 Å². The summed E-state index contributed by atoms with van der Waals surface area (Å²) in [5.74, 6) is 1.46. The van der Waals surface area contributed by atoms with E-state index >= 15 is 0 Å². The summed E-state index contributed by atoms with van der Waals surface area (Å²) in [6.07, 6.45) is -0.968. The lowest BCUT2D eigenvalue weighted by Crippen LogP contribution is -2.20. The van der Waals surface area contributed by atoms with Crippen molar-refractivity contribution in [3.05, 3.63) is 78.2 Å². The number of rotatable bonds is 3. The Hall–Kier alpha value is -3.68. The average Bonchev–Trinajstić information content (AvgIpc) is 2.79. The number of hydrogen-bond acceptors (Lipinski definition) is 5. The van der Waals surface area contributed by atoms with Crippen molar-refractivity contribution in [1.29, 1.82) is 0 Å². The fourth-order valence-corrected chi connectivity index (χ4v) is 3.84. The third-order valence-electron chi connectivity index (χ3n) is 5.29. The predicted molar refractivity (Wildman–Crippen MR) is 111 cm³/mol. The van der Waals surface area contributed by atoms with Gasteiger partial charge in [0, 0.05) is 29.1 Å². The third kappa shape index (κ3) is 3.65. The smallest absolute Gasteiger partial charge is 0.418 e. The number of fused-ring (bicyclic) bond motifs is 2. The molecule has 31 heavy (non-hydrogen) atoms. The van der Waals surface area contributed by atoms with Gasteiger partial charge in [-0.25, -0.2) is 9.97 Å². The molecule has 0 spiro atoms. The highest BCUT2D eigenvalue weighted by Gasteiger charge is 2.34. The quantitative estimate of drug-likeness (QED) is 0.463. The number of alkyl halides is 3. The van der Waals surface area contributed by atoms with Crippen LogP contribution >= 0.6 is 0 Å². The van der Waals surface area contributed by atoms with Crippen LogP contribution in [0.1, 0.15) is 23.6 Å². The van der Waals surface area contributed by atoms with E-state index in [1.807, 2.05) is 24.3 Å². The van der Waals surface area contributed by atoms with Crippen LogP contribution in [0.25, 0.3) is 22.2 Å². The molecule has 4 aromatic rings. The summed E-state index contributed by atoms with van der Waals surface area (Å²) in [5.41, 5.74) is 1.03. The Bertz CT molecular complexity index is 1260. The number of aromatic nitrogens is 3. The van der Waals surface area contributed by atoms with Crippen LogP contribution in [0.15, 0.2) is 67.1 Å². The van der Waals surface area contributed by atoms with Crippen LogP contribution in [0.3, 0.4) is 0 Å². The van der Waals surface area contributed by atoms with Gasteiger partial charge in [-0.05, 0) is 30.3 Å². The highest BCUT2D eigenvalue weighted by atomic mass is 19.4. The van der Waals surface area contributed by atoms with Gasteiger partial charge < -0.3 is 10.1 Å². The second kappa shape index (κ2) is 7.54. The normalized spacial score (nSPS) is 15.9. The van der Waals surface area contributed by atoms with Gasteiger partial charge in [0.1, 0.15) is 17.9 Å². The van der Waals surface area contributed by atoms with E-state index in [2.05, 4.69) is 20.3 Å². The fraction of sp³-hybridized carbons (Fsp3) is 0.174. The Morgan fingerprint density at radius 1 is 0.968 bits per heavy atom. The second-order valence-electron chi connectivity index (χ2n) is 7.22. The summed E-state index contributed by atoms with van der Waals surface area (Å²) in [4.78, 5) is 12.6. The van der Waals surface area contributed by atoms with E-state index in [1.165, 1.54) is 18.6 Å². The lowest BCUT2D eigenvalue weighted by atomic mass is 10.00. The number of benzene rings is 2. The maximum atomic E-state index is 13.4. The molecule has 0 saturated heterocycles. The molecule has 1 N–H and O–H groups in total. The van der Waals surface area contributed by atoms with Gasteiger partial charge in [-0.2, -0.15) is 13.2 Å². The Labute approximate surface area is 176 Å². The molecule has 2 aromatic carbocycles. The van der Waals surface area contributed by atoms with Gasteiger partial charge in [0.2, 0.25) is 0 Å². The summed E-state index contributed by atoms with van der Waals surface area (Å²) in [7, 11) is 0. The maximum Gasteiger partial charge on any atom is 0.418 e. The fourth-order valence-electron chi connectivity index (χ4n) is 3.84. The van der Waals surface area contributed by atoms with Crippen molar-refractivity contribution in [2.24, 2.45) is 0 Å². The van der Waals surface area contributed by atoms with Gasteiger partial charge in [-0.15, -0.1) is 0 Å². The minimum atomic E-state index is -4.49. The molecule has 0 aliphatic carbocycles. The summed E-state index contributed by atoms with van der Waals surface area (Å²) in [5, 5.41) is 4.17. The van der Waals surface area contributed by atoms with Gasteiger partial charge in [-0.1, -0.05) is 24.3 Å². The van der Waals surface area contributed by atoms with Gasteiger partial charge in [-0.3, -0.25) is 4.98 Å². The molecule has 156 valence electrons. The molecule has 0 amide bonds. The van der Waals surface area contributed by atoms with E-state index in [-0.39, 0.29) is 11.7 Å². The Morgan fingerprint density at radius 2 is 1.84 bits per heavy atom. The van der Waals surface area contributed by atoms with Gasteiger partial charge in [0.15, 0.2) is 0 Å². The zero-order chi connectivity index (χ0) is 21.4. The first-order chi connectivity index (χ1) is 15.0. The van der Waals surface area contributed by atoms with Crippen LogP contribution in [0.5, 0.6) is 5.75 Å². The first-order valence-electron chi connectivity index (χ1n) is 9.76. The Morgan fingerprint density at radius 3 is 2.71 bits per heavy atom. The number of para-hydroxylation sites is 1. The number of nitrogens with zero attached hydrogens (tertiary/aromatic N) is 3. The first kappa shape index (κ1) is 19.3. The molecule has 1 aliphatic heterocycles. The van der Waals surface area contributed by atoms with Crippen LogP contribution in [-0.2, 0) is 6.18 Å². The van der Waals surface area contributed by atoms with Gasteiger partial charge >= 0.3 is 6.18 Å². The molecule has 1 atom stereocenters. The number of anilines is 1. The van der Waals surface area contributed by atoms with Crippen LogP contribution in [0, 0.1) is 0 Å². The summed E-state index contributed by atoms with van der Waals surface area (Å²) < 4.78 is 45.9. The number of hydrogen-bond donors (Lipinski definition) is 1. The Balaban J connectivity index is 1.53. The van der Waals surface area contributed by atoms with E-state index < -0.39 is 11.7 Å². The molecular formula is C23H17F3N4O. The van der Waals surface area contributed by atoms with E-state index in [0.717, 1.165) is 29.2 Å². The highest BCUT2D eigenvalue weighted by molar-refractivity contribution is 5.92. The number of ether oxygens (including phenoxy) is 1. The third-order valence-corrected chi connectivity index (χ3v) is 5.29. The van der Waals surface area contributed by atoms with Crippen LogP contribution < -0.4 is 10.1 Å². The lowest BCUT2D eigenvalue weighted by Gasteiger charge is -2.27. The molecule has 0 bridgehead atoms. The average molecular weight is 422 g/mol. The second-order valence-corrected chi connectivity index (χ2v) is 7.22. The zero-order valence-electron chi connectivity index (χ0n) is 16.2. The molecule has 3 heterocycles. The molecule has 2 aromatic heterocycles. The van der Waals surface area contributed by atoms with E-state index in [9.17, 15) is 13.2 Å². The molecule has 0 fully saturated rings. The Kier molecular flexibility index (Phi) is 4.69. The van der Waals surface area contributed by atoms with Crippen molar-refractivity contribution in [2.75, 3.05) is 11.9 Å². The minimum Gasteiger partial charge on any atom is -0.493 e. The predicted octanol–water partition coefficient (Wildman–Crippen LogP) is 5.65. The van der Waals surface area contributed by atoms with E-state index in [4.69, 9.17) is 4.74 Å². The standard InChI is InChI=1S/C23H17F3N4O/c24-23(25,26)17-5-3-10-27-21(17)14-7-8-16-19(12-14)28-13-29-22(16)30-18-9-11-31-20-6-2-1-4-15(18)20/h1-8,10,12-13,18H,9,11H2,(H,28,29,30). The van der Waals surface area contributed by atoms with Gasteiger partial charge in [0.25, 0.3) is 0 Å². The van der Waals surface area contributed by atoms with Crippen LogP contribution in [0.2, 0.25) is 0 Å².